The SMILES string of the molecule is CC1(O)CCCN(C(=O)C2(C)CCNCC2)CC1. The van der Waals surface area contributed by atoms with E-state index >= 15 is 0 Å². The first-order valence-electron chi connectivity index (χ1n) is 7.16. The second-order valence-electron chi connectivity index (χ2n) is 6.45. The first-order valence-corrected chi connectivity index (χ1v) is 7.16. The van der Waals surface area contributed by atoms with Crippen LogP contribution in [-0.2, 0) is 4.79 Å². The van der Waals surface area contributed by atoms with Gasteiger partial charge in [-0.05, 0) is 52.1 Å². The molecule has 0 saturated carbocycles. The number of carbonyl (C=O) groups is 1. The zero-order valence-electron chi connectivity index (χ0n) is 11.7. The third-order valence-electron chi connectivity index (χ3n) is 4.57. The number of likely N-dealkylation sites (tertiary alicyclic amines) is 1. The van der Waals surface area contributed by atoms with Crippen molar-refractivity contribution in [3.8, 4) is 0 Å². The fraction of sp³-hybridized carbons (Fsp3) is 0.929. The number of hydrogen-bond donors (Lipinski definition) is 2. The summed E-state index contributed by atoms with van der Waals surface area (Å²) < 4.78 is 0. The molecule has 1 unspecified atom stereocenters. The number of carbonyl (C=O) groups excluding carboxylic acids is 1. The molecule has 2 saturated heterocycles. The molecule has 2 rings (SSSR count). The molecule has 2 N–H and O–H groups in total. The number of aliphatic hydroxyl groups is 1. The Kier molecular flexibility index (Phi) is 3.97. The minimum absolute atomic E-state index is 0.193. The summed E-state index contributed by atoms with van der Waals surface area (Å²) >= 11 is 0. The van der Waals surface area contributed by atoms with Crippen molar-refractivity contribution in [2.24, 2.45) is 5.41 Å². The van der Waals surface area contributed by atoms with Gasteiger partial charge in [0.25, 0.3) is 0 Å². The summed E-state index contributed by atoms with van der Waals surface area (Å²) in [4.78, 5) is 14.6. The molecule has 0 radical (unpaired) electrons. The van der Waals surface area contributed by atoms with E-state index in [0.717, 1.165) is 45.3 Å². The van der Waals surface area contributed by atoms with Gasteiger partial charge < -0.3 is 15.3 Å². The molecule has 2 heterocycles. The van der Waals surface area contributed by atoms with Crippen molar-refractivity contribution in [2.45, 2.75) is 51.6 Å². The van der Waals surface area contributed by atoms with Crippen molar-refractivity contribution in [1.29, 1.82) is 0 Å². The number of piperidine rings is 1. The Hall–Kier alpha value is -0.610. The summed E-state index contributed by atoms with van der Waals surface area (Å²) in [5.41, 5.74) is -0.786. The van der Waals surface area contributed by atoms with Crippen LogP contribution in [-0.4, -0.2) is 47.7 Å². The molecule has 4 nitrogen and oxygen atoms in total. The molecular weight excluding hydrogens is 228 g/mol. The van der Waals surface area contributed by atoms with Crippen molar-refractivity contribution in [3.63, 3.8) is 0 Å². The van der Waals surface area contributed by atoms with Gasteiger partial charge in [-0.15, -0.1) is 0 Å². The molecule has 104 valence electrons. The molecule has 2 aliphatic heterocycles. The fourth-order valence-electron chi connectivity index (χ4n) is 3.04. The average molecular weight is 254 g/mol. The third kappa shape index (κ3) is 3.04. The van der Waals surface area contributed by atoms with E-state index in [1.54, 1.807) is 0 Å². The van der Waals surface area contributed by atoms with Crippen LogP contribution in [0, 0.1) is 5.41 Å². The van der Waals surface area contributed by atoms with Crippen molar-refractivity contribution >= 4 is 5.91 Å². The van der Waals surface area contributed by atoms with Gasteiger partial charge in [-0.1, -0.05) is 6.92 Å². The lowest BCUT2D eigenvalue weighted by molar-refractivity contribution is -0.142. The predicted octanol–water partition coefficient (Wildman–Crippen LogP) is 1.14. The molecule has 2 fully saturated rings. The van der Waals surface area contributed by atoms with Gasteiger partial charge in [-0.2, -0.15) is 0 Å². The van der Waals surface area contributed by atoms with Gasteiger partial charge >= 0.3 is 0 Å². The van der Waals surface area contributed by atoms with Crippen LogP contribution in [0.4, 0.5) is 0 Å². The Labute approximate surface area is 110 Å². The van der Waals surface area contributed by atoms with E-state index in [0.29, 0.717) is 18.9 Å². The number of nitrogens with one attached hydrogen (secondary N) is 1. The lowest BCUT2D eigenvalue weighted by Crippen LogP contribution is -2.48. The Morgan fingerprint density at radius 1 is 1.11 bits per heavy atom. The predicted molar refractivity (Wildman–Crippen MR) is 71.3 cm³/mol. The maximum Gasteiger partial charge on any atom is 0.228 e. The van der Waals surface area contributed by atoms with E-state index in [1.807, 2.05) is 11.8 Å². The Morgan fingerprint density at radius 2 is 1.78 bits per heavy atom. The molecule has 0 bridgehead atoms. The maximum atomic E-state index is 12.7. The highest BCUT2D eigenvalue weighted by Crippen LogP contribution is 2.32. The smallest absolute Gasteiger partial charge is 0.228 e. The van der Waals surface area contributed by atoms with Crippen molar-refractivity contribution in [3.05, 3.63) is 0 Å². The fourth-order valence-corrected chi connectivity index (χ4v) is 3.04. The zero-order valence-corrected chi connectivity index (χ0v) is 11.7. The molecule has 1 amide bonds. The van der Waals surface area contributed by atoms with Gasteiger partial charge in [0.1, 0.15) is 0 Å². The van der Waals surface area contributed by atoms with Crippen LogP contribution in [0.3, 0.4) is 0 Å². The summed E-state index contributed by atoms with van der Waals surface area (Å²) in [5, 5.41) is 13.4. The molecule has 0 aromatic heterocycles. The number of rotatable bonds is 1. The van der Waals surface area contributed by atoms with Crippen LogP contribution in [0.15, 0.2) is 0 Å². The number of nitrogens with zero attached hydrogens (tertiary/aromatic N) is 1. The van der Waals surface area contributed by atoms with Crippen molar-refractivity contribution in [1.82, 2.24) is 10.2 Å². The minimum atomic E-state index is -0.593. The van der Waals surface area contributed by atoms with Gasteiger partial charge in [-0.25, -0.2) is 0 Å². The molecule has 0 aromatic rings. The average Bonchev–Trinajstić information content (AvgIpc) is 2.50. The lowest BCUT2D eigenvalue weighted by atomic mass is 9.79. The molecule has 0 aliphatic carbocycles. The summed E-state index contributed by atoms with van der Waals surface area (Å²) in [7, 11) is 0. The van der Waals surface area contributed by atoms with E-state index in [9.17, 15) is 9.90 Å². The van der Waals surface area contributed by atoms with E-state index in [1.165, 1.54) is 0 Å². The van der Waals surface area contributed by atoms with E-state index < -0.39 is 5.60 Å². The van der Waals surface area contributed by atoms with E-state index in [4.69, 9.17) is 0 Å². The second-order valence-corrected chi connectivity index (χ2v) is 6.45. The van der Waals surface area contributed by atoms with E-state index in [2.05, 4.69) is 12.2 Å². The minimum Gasteiger partial charge on any atom is -0.390 e. The Balaban J connectivity index is 2.00. The van der Waals surface area contributed by atoms with Crippen LogP contribution in [0.25, 0.3) is 0 Å². The maximum absolute atomic E-state index is 12.7. The van der Waals surface area contributed by atoms with Gasteiger partial charge in [0.05, 0.1) is 5.60 Å². The first-order chi connectivity index (χ1) is 8.43. The molecule has 2 aliphatic rings. The highest BCUT2D eigenvalue weighted by atomic mass is 16.3. The van der Waals surface area contributed by atoms with Crippen LogP contribution >= 0.6 is 0 Å². The van der Waals surface area contributed by atoms with Crippen LogP contribution in [0.5, 0.6) is 0 Å². The first kappa shape index (κ1) is 13.8. The highest BCUT2D eigenvalue weighted by Gasteiger charge is 2.38. The van der Waals surface area contributed by atoms with E-state index in [-0.39, 0.29) is 5.41 Å². The Morgan fingerprint density at radius 3 is 2.44 bits per heavy atom. The van der Waals surface area contributed by atoms with Gasteiger partial charge in [0.15, 0.2) is 0 Å². The number of amides is 1. The van der Waals surface area contributed by atoms with Crippen molar-refractivity contribution in [2.75, 3.05) is 26.2 Å². The zero-order chi connectivity index (χ0) is 13.2. The summed E-state index contributed by atoms with van der Waals surface area (Å²) in [6.45, 7) is 7.36. The van der Waals surface area contributed by atoms with Crippen molar-refractivity contribution < 1.29 is 9.90 Å². The van der Waals surface area contributed by atoms with Gasteiger partial charge in [0.2, 0.25) is 5.91 Å². The normalized spacial score (nSPS) is 32.9. The summed E-state index contributed by atoms with van der Waals surface area (Å²) in [6.07, 6.45) is 4.27. The topological polar surface area (TPSA) is 52.6 Å². The monoisotopic (exact) mass is 254 g/mol. The molecule has 1 atom stereocenters. The second kappa shape index (κ2) is 5.17. The molecular formula is C14H26N2O2. The molecule has 18 heavy (non-hydrogen) atoms. The lowest BCUT2D eigenvalue weighted by Gasteiger charge is -2.37. The highest BCUT2D eigenvalue weighted by molar-refractivity contribution is 5.82. The van der Waals surface area contributed by atoms with Crippen LogP contribution < -0.4 is 5.32 Å². The van der Waals surface area contributed by atoms with Gasteiger partial charge in [0, 0.05) is 18.5 Å². The van der Waals surface area contributed by atoms with Gasteiger partial charge in [-0.3, -0.25) is 4.79 Å². The third-order valence-corrected chi connectivity index (χ3v) is 4.57. The standard InChI is InChI=1S/C14H26N2O2/c1-13(5-8-15-9-6-13)12(17)16-10-3-4-14(2,18)7-11-16/h15,18H,3-11H2,1-2H3. The molecule has 0 aromatic carbocycles. The largest absolute Gasteiger partial charge is 0.390 e. The molecule has 0 spiro atoms. The van der Waals surface area contributed by atoms with Crippen LogP contribution in [0.2, 0.25) is 0 Å². The quantitative estimate of drug-likeness (QED) is 0.738. The number of hydrogen-bond acceptors (Lipinski definition) is 3. The van der Waals surface area contributed by atoms with Crippen LogP contribution in [0.1, 0.15) is 46.0 Å². The Bertz CT molecular complexity index is 309. The molecule has 4 heteroatoms. The summed E-state index contributed by atoms with van der Waals surface area (Å²) in [5.74, 6) is 0.293. The summed E-state index contributed by atoms with van der Waals surface area (Å²) in [6, 6.07) is 0.